The number of aldehydes is 2. The first-order valence-electron chi connectivity index (χ1n) is 7.71. The molecular weight excluding hydrogens is 318 g/mol. The number of anilines is 3. The van der Waals surface area contributed by atoms with Crippen molar-refractivity contribution in [2.45, 2.75) is 0 Å². The van der Waals surface area contributed by atoms with E-state index >= 15 is 0 Å². The van der Waals surface area contributed by atoms with E-state index in [9.17, 15) is 9.59 Å². The molecule has 0 spiro atoms. The van der Waals surface area contributed by atoms with Crippen LogP contribution in [-0.4, -0.2) is 36.1 Å². The molecular formula is C18H17N5O2. The van der Waals surface area contributed by atoms with Crippen molar-refractivity contribution >= 4 is 40.8 Å². The highest BCUT2D eigenvalue weighted by atomic mass is 16.1. The largest absolute Gasteiger partial charge is 0.363 e. The summed E-state index contributed by atoms with van der Waals surface area (Å²) in [5.74, 6) is 0.537. The normalized spacial score (nSPS) is 10.3. The van der Waals surface area contributed by atoms with Gasteiger partial charge >= 0.3 is 0 Å². The van der Waals surface area contributed by atoms with Crippen molar-refractivity contribution in [3.63, 3.8) is 0 Å². The molecule has 0 unspecified atom stereocenters. The topological polar surface area (TPSA) is 87.2 Å². The molecule has 0 aliphatic heterocycles. The van der Waals surface area contributed by atoms with Crippen LogP contribution in [0.2, 0.25) is 0 Å². The summed E-state index contributed by atoms with van der Waals surface area (Å²) in [7, 11) is 1.85. The lowest BCUT2D eigenvalue weighted by Crippen LogP contribution is -2.25. The number of carbonyl (C=O) groups excluding carboxylic acids is 2. The van der Waals surface area contributed by atoms with Crippen LogP contribution in [-0.2, 0) is 4.79 Å². The Morgan fingerprint density at radius 3 is 2.64 bits per heavy atom. The van der Waals surface area contributed by atoms with Crippen molar-refractivity contribution in [2.75, 3.05) is 29.3 Å². The lowest BCUT2D eigenvalue weighted by molar-refractivity contribution is -0.106. The number of nitrogens with one attached hydrogen (secondary N) is 2. The first-order valence-corrected chi connectivity index (χ1v) is 7.71. The standard InChI is InChI=1S/C18H17N5O2/c1-23(14-5-3-2-4-6-14)22-17-13(12-25)11-20-15-7-8-16(19-9-10-24)21-18(15)17/h2-8,10-12H,9H2,1H3,(H,19,21)(H,20,22). The minimum atomic E-state index is 0.159. The van der Waals surface area contributed by atoms with Gasteiger partial charge in [-0.3, -0.25) is 20.2 Å². The molecule has 0 atom stereocenters. The zero-order valence-corrected chi connectivity index (χ0v) is 13.6. The number of pyridine rings is 2. The van der Waals surface area contributed by atoms with Crippen LogP contribution in [0, 0.1) is 0 Å². The van der Waals surface area contributed by atoms with Crippen molar-refractivity contribution in [1.29, 1.82) is 0 Å². The van der Waals surface area contributed by atoms with Gasteiger partial charge in [-0.1, -0.05) is 18.2 Å². The monoisotopic (exact) mass is 335 g/mol. The Morgan fingerprint density at radius 1 is 1.12 bits per heavy atom. The molecule has 7 nitrogen and oxygen atoms in total. The fourth-order valence-corrected chi connectivity index (χ4v) is 2.42. The number of rotatable bonds is 7. The van der Waals surface area contributed by atoms with Crippen molar-refractivity contribution in [3.05, 3.63) is 54.2 Å². The van der Waals surface area contributed by atoms with Crippen LogP contribution in [0.1, 0.15) is 10.4 Å². The zero-order valence-electron chi connectivity index (χ0n) is 13.6. The van der Waals surface area contributed by atoms with E-state index in [1.54, 1.807) is 17.1 Å². The van der Waals surface area contributed by atoms with Crippen LogP contribution >= 0.6 is 0 Å². The predicted octanol–water partition coefficient (Wildman–Crippen LogP) is 2.52. The number of hydrogen-bond acceptors (Lipinski definition) is 7. The van der Waals surface area contributed by atoms with Gasteiger partial charge < -0.3 is 10.1 Å². The average Bonchev–Trinajstić information content (AvgIpc) is 2.67. The van der Waals surface area contributed by atoms with E-state index < -0.39 is 0 Å². The molecule has 3 rings (SSSR count). The Bertz CT molecular complexity index is 899. The molecule has 3 aromatic rings. The highest BCUT2D eigenvalue weighted by Gasteiger charge is 2.13. The van der Waals surface area contributed by atoms with E-state index in [1.807, 2.05) is 37.4 Å². The molecule has 0 amide bonds. The highest BCUT2D eigenvalue weighted by molar-refractivity contribution is 5.98. The molecule has 2 aromatic heterocycles. The van der Waals surface area contributed by atoms with Crippen LogP contribution in [0.4, 0.5) is 17.2 Å². The SMILES string of the molecule is CN(Nc1c(C=O)cnc2ccc(NCC=O)nc12)c1ccccc1. The van der Waals surface area contributed by atoms with Crippen LogP contribution in [0.3, 0.4) is 0 Å². The molecule has 0 aliphatic rings. The van der Waals surface area contributed by atoms with Gasteiger partial charge in [0, 0.05) is 13.2 Å². The number of fused-ring (bicyclic) bond motifs is 1. The lowest BCUT2D eigenvalue weighted by atomic mass is 10.2. The van der Waals surface area contributed by atoms with Gasteiger partial charge in [0.15, 0.2) is 6.29 Å². The van der Waals surface area contributed by atoms with E-state index in [-0.39, 0.29) is 6.54 Å². The van der Waals surface area contributed by atoms with Gasteiger partial charge in [0.25, 0.3) is 0 Å². The predicted molar refractivity (Wildman–Crippen MR) is 97.9 cm³/mol. The van der Waals surface area contributed by atoms with E-state index in [0.29, 0.717) is 28.1 Å². The summed E-state index contributed by atoms with van der Waals surface area (Å²) in [6.07, 6.45) is 3.01. The molecule has 25 heavy (non-hydrogen) atoms. The molecule has 0 aliphatic carbocycles. The maximum atomic E-state index is 11.5. The Labute approximate surface area is 144 Å². The smallest absolute Gasteiger partial charge is 0.153 e. The fraction of sp³-hybridized carbons (Fsp3) is 0.111. The van der Waals surface area contributed by atoms with Crippen LogP contribution < -0.4 is 15.8 Å². The van der Waals surface area contributed by atoms with Crippen LogP contribution in [0.25, 0.3) is 11.0 Å². The molecule has 0 bridgehead atoms. The molecule has 2 N–H and O–H groups in total. The quantitative estimate of drug-likeness (QED) is 0.507. The first kappa shape index (κ1) is 16.4. The van der Waals surface area contributed by atoms with Crippen LogP contribution in [0.15, 0.2) is 48.7 Å². The number of carbonyl (C=O) groups is 2. The molecule has 0 saturated carbocycles. The lowest BCUT2D eigenvalue weighted by Gasteiger charge is -2.23. The second kappa shape index (κ2) is 7.39. The summed E-state index contributed by atoms with van der Waals surface area (Å²) in [6, 6.07) is 13.2. The summed E-state index contributed by atoms with van der Waals surface area (Å²) < 4.78 is 0. The number of hydrogen-bond donors (Lipinski definition) is 2. The van der Waals surface area contributed by atoms with Gasteiger partial charge in [0.05, 0.1) is 29.0 Å². The molecule has 7 heteroatoms. The Hall–Kier alpha value is -3.48. The maximum Gasteiger partial charge on any atom is 0.153 e. The molecule has 0 saturated heterocycles. The Morgan fingerprint density at radius 2 is 1.92 bits per heavy atom. The fourth-order valence-electron chi connectivity index (χ4n) is 2.42. The summed E-state index contributed by atoms with van der Waals surface area (Å²) in [6.45, 7) is 0.159. The van der Waals surface area contributed by atoms with Gasteiger partial charge in [0.1, 0.15) is 17.6 Å². The molecule has 1 aromatic carbocycles. The number of nitrogens with zero attached hydrogens (tertiary/aromatic N) is 3. The third-order valence-electron chi connectivity index (χ3n) is 3.66. The van der Waals surface area contributed by atoms with Crippen molar-refractivity contribution in [1.82, 2.24) is 9.97 Å². The third kappa shape index (κ3) is 3.55. The van der Waals surface area contributed by atoms with Gasteiger partial charge in [-0.2, -0.15) is 0 Å². The first-order chi connectivity index (χ1) is 12.2. The Balaban J connectivity index is 2.03. The molecule has 2 heterocycles. The van der Waals surface area contributed by atoms with Crippen molar-refractivity contribution in [2.24, 2.45) is 0 Å². The molecule has 126 valence electrons. The van der Waals surface area contributed by atoms with Gasteiger partial charge in [-0.15, -0.1) is 0 Å². The second-order valence-corrected chi connectivity index (χ2v) is 5.32. The Kier molecular flexibility index (Phi) is 4.84. The van der Waals surface area contributed by atoms with Crippen molar-refractivity contribution in [3.8, 4) is 0 Å². The number of para-hydroxylation sites is 1. The highest BCUT2D eigenvalue weighted by Crippen LogP contribution is 2.26. The van der Waals surface area contributed by atoms with E-state index in [0.717, 1.165) is 18.3 Å². The molecule has 0 fully saturated rings. The van der Waals surface area contributed by atoms with E-state index in [1.165, 1.54) is 6.20 Å². The summed E-state index contributed by atoms with van der Waals surface area (Å²) in [4.78, 5) is 30.8. The average molecular weight is 335 g/mol. The minimum Gasteiger partial charge on any atom is -0.363 e. The number of aromatic nitrogens is 2. The maximum absolute atomic E-state index is 11.5. The van der Waals surface area contributed by atoms with Gasteiger partial charge in [0.2, 0.25) is 0 Å². The summed E-state index contributed by atoms with van der Waals surface area (Å²) >= 11 is 0. The van der Waals surface area contributed by atoms with E-state index in [2.05, 4.69) is 20.7 Å². The second-order valence-electron chi connectivity index (χ2n) is 5.32. The molecule has 0 radical (unpaired) electrons. The third-order valence-corrected chi connectivity index (χ3v) is 3.66. The number of benzene rings is 1. The van der Waals surface area contributed by atoms with E-state index in [4.69, 9.17) is 0 Å². The minimum absolute atomic E-state index is 0.159. The summed E-state index contributed by atoms with van der Waals surface area (Å²) in [5, 5.41) is 4.70. The summed E-state index contributed by atoms with van der Waals surface area (Å²) in [5.41, 5.74) is 6.28. The number of hydrazine groups is 1. The van der Waals surface area contributed by atoms with Gasteiger partial charge in [-0.05, 0) is 24.3 Å². The van der Waals surface area contributed by atoms with Gasteiger partial charge in [-0.25, -0.2) is 4.98 Å². The zero-order chi connectivity index (χ0) is 17.6. The van der Waals surface area contributed by atoms with Crippen molar-refractivity contribution < 1.29 is 9.59 Å². The van der Waals surface area contributed by atoms with Crippen LogP contribution in [0.5, 0.6) is 0 Å².